The van der Waals surface area contributed by atoms with E-state index in [4.69, 9.17) is 9.84 Å². The van der Waals surface area contributed by atoms with Crippen LogP contribution in [-0.2, 0) is 11.4 Å². The topological polar surface area (TPSA) is 59.4 Å². The Kier molecular flexibility index (Phi) is 4.85. The Labute approximate surface area is 155 Å². The van der Waals surface area contributed by atoms with Crippen molar-refractivity contribution >= 4 is 17.7 Å². The van der Waals surface area contributed by atoms with Crippen LogP contribution in [0.3, 0.4) is 0 Å². The first-order valence-electron chi connectivity index (χ1n) is 8.88. The molecule has 1 N–H and O–H groups in total. The lowest BCUT2D eigenvalue weighted by Gasteiger charge is -2.24. The van der Waals surface area contributed by atoms with E-state index in [1.54, 1.807) is 23.9 Å². The maximum absolute atomic E-state index is 14.3. The summed E-state index contributed by atoms with van der Waals surface area (Å²) < 4.78 is 19.9. The number of thioether (sulfide) groups is 1. The van der Waals surface area contributed by atoms with Crippen molar-refractivity contribution in [2.75, 3.05) is 0 Å². The first-order valence-corrected chi connectivity index (χ1v) is 9.76. The van der Waals surface area contributed by atoms with Crippen LogP contribution >= 0.6 is 11.8 Å². The van der Waals surface area contributed by atoms with Gasteiger partial charge in [0.2, 0.25) is 0 Å². The summed E-state index contributed by atoms with van der Waals surface area (Å²) in [4.78, 5) is 15.5. The van der Waals surface area contributed by atoms with E-state index in [2.05, 4.69) is 4.98 Å². The van der Waals surface area contributed by atoms with Crippen molar-refractivity contribution < 1.29 is 19.0 Å². The van der Waals surface area contributed by atoms with Crippen molar-refractivity contribution in [3.63, 3.8) is 0 Å². The molecule has 136 valence electrons. The number of carbonyl (C=O) groups is 1. The molecule has 2 atom stereocenters. The van der Waals surface area contributed by atoms with Crippen LogP contribution < -0.4 is 4.74 Å². The lowest BCUT2D eigenvalue weighted by atomic mass is 10.0. The Morgan fingerprint density at radius 3 is 2.81 bits per heavy atom. The fourth-order valence-electron chi connectivity index (χ4n) is 3.12. The molecule has 4 nitrogen and oxygen atoms in total. The number of hydrogen-bond donors (Lipinski definition) is 1. The summed E-state index contributed by atoms with van der Waals surface area (Å²) in [5.41, 5.74) is 1.49. The Hall–Kier alpha value is -2.08. The average molecular weight is 373 g/mol. The second-order valence-corrected chi connectivity index (χ2v) is 8.22. The zero-order chi connectivity index (χ0) is 18.1. The van der Waals surface area contributed by atoms with Gasteiger partial charge in [0, 0.05) is 5.25 Å². The summed E-state index contributed by atoms with van der Waals surface area (Å²) >= 11 is 1.80. The molecule has 2 aliphatic rings. The zero-order valence-electron chi connectivity index (χ0n) is 14.2. The third kappa shape index (κ3) is 3.85. The number of halogens is 1. The molecule has 0 saturated heterocycles. The number of ether oxygens (including phenoxy) is 1. The maximum Gasteiger partial charge on any atom is 0.307 e. The minimum atomic E-state index is -0.818. The molecule has 6 heteroatoms. The van der Waals surface area contributed by atoms with E-state index in [0.717, 1.165) is 16.3 Å². The van der Waals surface area contributed by atoms with Gasteiger partial charge in [-0.25, -0.2) is 9.37 Å². The van der Waals surface area contributed by atoms with Crippen LogP contribution in [0.15, 0.2) is 41.4 Å². The van der Waals surface area contributed by atoms with Gasteiger partial charge in [0.1, 0.15) is 6.61 Å². The third-order valence-electron chi connectivity index (χ3n) is 4.99. The quantitative estimate of drug-likeness (QED) is 0.767. The van der Waals surface area contributed by atoms with Gasteiger partial charge in [-0.3, -0.25) is 4.79 Å². The van der Waals surface area contributed by atoms with Gasteiger partial charge < -0.3 is 9.84 Å². The summed E-state index contributed by atoms with van der Waals surface area (Å²) in [5, 5.41) is 10.6. The number of pyridine rings is 1. The highest BCUT2D eigenvalue weighted by Crippen LogP contribution is 2.48. The molecule has 0 spiro atoms. The first kappa shape index (κ1) is 17.3. The molecule has 1 aromatic carbocycles. The molecule has 26 heavy (non-hydrogen) atoms. The van der Waals surface area contributed by atoms with E-state index in [1.807, 2.05) is 18.2 Å². The Bertz CT molecular complexity index is 824. The van der Waals surface area contributed by atoms with Crippen LogP contribution in [0.4, 0.5) is 4.39 Å². The van der Waals surface area contributed by atoms with Gasteiger partial charge in [0.25, 0.3) is 0 Å². The number of hydrogen-bond acceptors (Lipinski definition) is 4. The van der Waals surface area contributed by atoms with Gasteiger partial charge in [-0.1, -0.05) is 18.6 Å². The molecule has 4 rings (SSSR count). The molecular formula is C20H20FNO3S. The molecule has 0 amide bonds. The van der Waals surface area contributed by atoms with E-state index in [1.165, 1.54) is 25.3 Å². The normalized spacial score (nSPS) is 21.9. The summed E-state index contributed by atoms with van der Waals surface area (Å²) in [6, 6.07) is 10.5. The van der Waals surface area contributed by atoms with E-state index in [9.17, 15) is 9.18 Å². The minimum absolute atomic E-state index is 0.0853. The van der Waals surface area contributed by atoms with Crippen LogP contribution in [-0.4, -0.2) is 21.3 Å². The molecular weight excluding hydrogens is 353 g/mol. The molecule has 0 bridgehead atoms. The fraction of sp³-hybridized carbons (Fsp3) is 0.400. The van der Waals surface area contributed by atoms with Gasteiger partial charge in [0.05, 0.1) is 16.6 Å². The SMILES string of the molecule is O=C(O)C1CC1c1ccc(OCc2cccc(SC3CCC3)n2)c(F)c1. The summed E-state index contributed by atoms with van der Waals surface area (Å²) in [6.45, 7) is 0.205. The van der Waals surface area contributed by atoms with Crippen molar-refractivity contribution in [2.45, 2.75) is 48.5 Å². The molecule has 2 aromatic rings. The van der Waals surface area contributed by atoms with Crippen LogP contribution in [0.1, 0.15) is 42.9 Å². The van der Waals surface area contributed by atoms with Crippen LogP contribution in [0.2, 0.25) is 0 Å². The van der Waals surface area contributed by atoms with Crippen molar-refractivity contribution in [3.8, 4) is 5.75 Å². The van der Waals surface area contributed by atoms with E-state index in [0.29, 0.717) is 11.7 Å². The lowest BCUT2D eigenvalue weighted by molar-refractivity contribution is -0.138. The van der Waals surface area contributed by atoms with Gasteiger partial charge in [-0.2, -0.15) is 0 Å². The second-order valence-electron chi connectivity index (χ2n) is 6.90. The molecule has 1 aromatic heterocycles. The molecule has 0 aliphatic heterocycles. The summed E-state index contributed by atoms with van der Waals surface area (Å²) in [7, 11) is 0. The smallest absolute Gasteiger partial charge is 0.307 e. The van der Waals surface area contributed by atoms with Crippen molar-refractivity contribution in [2.24, 2.45) is 5.92 Å². The van der Waals surface area contributed by atoms with E-state index >= 15 is 0 Å². The Morgan fingerprint density at radius 2 is 2.15 bits per heavy atom. The van der Waals surface area contributed by atoms with Crippen molar-refractivity contribution in [3.05, 3.63) is 53.5 Å². The Balaban J connectivity index is 1.37. The lowest BCUT2D eigenvalue weighted by Crippen LogP contribution is -2.13. The van der Waals surface area contributed by atoms with Gasteiger partial charge in [0.15, 0.2) is 11.6 Å². The molecule has 2 unspecified atom stereocenters. The monoisotopic (exact) mass is 373 g/mol. The van der Waals surface area contributed by atoms with Gasteiger partial charge >= 0.3 is 5.97 Å². The standard InChI is InChI=1S/C20H20FNO3S/c21-17-9-12(15-10-16(15)20(23)24)7-8-18(17)25-11-13-3-1-6-19(22-13)26-14-4-2-5-14/h1,3,6-9,14-16H,2,4-5,10-11H2,(H,23,24). The molecule has 2 fully saturated rings. The largest absolute Gasteiger partial charge is 0.484 e. The average Bonchev–Trinajstić information content (AvgIpc) is 3.38. The molecule has 1 heterocycles. The van der Waals surface area contributed by atoms with E-state index < -0.39 is 11.8 Å². The van der Waals surface area contributed by atoms with Gasteiger partial charge in [-0.05, 0) is 55.0 Å². The number of carboxylic acid groups (broad SMARTS) is 1. The summed E-state index contributed by atoms with van der Waals surface area (Å²) in [5.74, 6) is -1.58. The van der Waals surface area contributed by atoms with Crippen LogP contribution in [0.5, 0.6) is 5.75 Å². The highest BCUT2D eigenvalue weighted by Gasteiger charge is 2.44. The maximum atomic E-state index is 14.3. The van der Waals surface area contributed by atoms with Crippen molar-refractivity contribution in [1.82, 2.24) is 4.98 Å². The third-order valence-corrected chi connectivity index (χ3v) is 6.26. The van der Waals surface area contributed by atoms with Gasteiger partial charge in [-0.15, -0.1) is 11.8 Å². The molecule has 0 radical (unpaired) electrons. The zero-order valence-corrected chi connectivity index (χ0v) is 15.0. The summed E-state index contributed by atoms with van der Waals surface area (Å²) in [6.07, 6.45) is 4.36. The Morgan fingerprint density at radius 1 is 1.31 bits per heavy atom. The van der Waals surface area contributed by atoms with Crippen LogP contribution in [0, 0.1) is 11.7 Å². The van der Waals surface area contributed by atoms with Crippen molar-refractivity contribution in [1.29, 1.82) is 0 Å². The number of aliphatic carboxylic acids is 1. The van der Waals surface area contributed by atoms with Crippen LogP contribution in [0.25, 0.3) is 0 Å². The second kappa shape index (κ2) is 7.27. The minimum Gasteiger partial charge on any atom is -0.484 e. The number of aromatic nitrogens is 1. The predicted molar refractivity (Wildman–Crippen MR) is 96.9 cm³/mol. The number of benzene rings is 1. The predicted octanol–water partition coefficient (Wildman–Crippen LogP) is 4.63. The number of carboxylic acids is 1. The van der Waals surface area contributed by atoms with E-state index in [-0.39, 0.29) is 24.2 Å². The first-order chi connectivity index (χ1) is 12.6. The molecule has 2 saturated carbocycles. The highest BCUT2D eigenvalue weighted by atomic mass is 32.2. The fourth-order valence-corrected chi connectivity index (χ4v) is 4.35. The number of nitrogens with zero attached hydrogens (tertiary/aromatic N) is 1. The highest BCUT2D eigenvalue weighted by molar-refractivity contribution is 7.99. The number of rotatable bonds is 7. The molecule has 2 aliphatic carbocycles.